The summed E-state index contributed by atoms with van der Waals surface area (Å²) in [5.74, 6) is 1.20. The van der Waals surface area contributed by atoms with Crippen LogP contribution in [0.4, 0.5) is 5.69 Å². The van der Waals surface area contributed by atoms with Gasteiger partial charge in [0.2, 0.25) is 5.75 Å². The maximum atomic E-state index is 12.7. The Labute approximate surface area is 151 Å². The highest BCUT2D eigenvalue weighted by molar-refractivity contribution is 6.04. The Kier molecular flexibility index (Phi) is 5.12. The number of nitrogens with zero attached hydrogens (tertiary/aromatic N) is 1. The van der Waals surface area contributed by atoms with E-state index in [1.165, 1.54) is 21.3 Å². The second-order valence-electron chi connectivity index (χ2n) is 5.51. The number of methoxy groups -OCH3 is 3. The zero-order valence-corrected chi connectivity index (χ0v) is 14.9. The molecule has 0 fully saturated rings. The fraction of sp³-hybridized carbons (Fsp3) is 0.150. The number of carbonyl (C=O) groups is 1. The zero-order valence-electron chi connectivity index (χ0n) is 14.9. The molecule has 26 heavy (non-hydrogen) atoms. The average Bonchev–Trinajstić information content (AvgIpc) is 3.22. The van der Waals surface area contributed by atoms with Gasteiger partial charge in [-0.25, -0.2) is 0 Å². The number of hydrogen-bond acceptors (Lipinski definition) is 4. The first kappa shape index (κ1) is 17.4. The molecule has 6 nitrogen and oxygen atoms in total. The molecule has 0 aliphatic carbocycles. The van der Waals surface area contributed by atoms with E-state index in [1.54, 1.807) is 18.2 Å². The van der Waals surface area contributed by atoms with Crippen molar-refractivity contribution in [3.8, 4) is 22.9 Å². The number of carbonyl (C=O) groups excluding carboxylic acids is 1. The first-order chi connectivity index (χ1) is 12.7. The van der Waals surface area contributed by atoms with E-state index in [4.69, 9.17) is 14.2 Å². The van der Waals surface area contributed by atoms with Gasteiger partial charge in [-0.2, -0.15) is 0 Å². The smallest absolute Gasteiger partial charge is 0.255 e. The van der Waals surface area contributed by atoms with Crippen molar-refractivity contribution in [2.24, 2.45) is 0 Å². The quantitative estimate of drug-likeness (QED) is 0.734. The molecule has 0 aliphatic heterocycles. The summed E-state index contributed by atoms with van der Waals surface area (Å²) in [4.78, 5) is 12.7. The Morgan fingerprint density at radius 3 is 2.12 bits per heavy atom. The molecule has 3 aromatic rings. The number of benzene rings is 2. The molecular formula is C20H20N2O4. The van der Waals surface area contributed by atoms with Crippen LogP contribution >= 0.6 is 0 Å². The van der Waals surface area contributed by atoms with Crippen LogP contribution in [0, 0.1) is 0 Å². The molecule has 0 atom stereocenters. The van der Waals surface area contributed by atoms with E-state index in [-0.39, 0.29) is 5.91 Å². The van der Waals surface area contributed by atoms with Crippen LogP contribution in [0.5, 0.6) is 17.2 Å². The lowest BCUT2D eigenvalue weighted by atomic mass is 10.1. The highest BCUT2D eigenvalue weighted by atomic mass is 16.5. The van der Waals surface area contributed by atoms with Gasteiger partial charge in [-0.05, 0) is 30.3 Å². The molecular weight excluding hydrogens is 332 g/mol. The summed E-state index contributed by atoms with van der Waals surface area (Å²) in [7, 11) is 4.60. The highest BCUT2D eigenvalue weighted by Crippen LogP contribution is 2.40. The summed E-state index contributed by atoms with van der Waals surface area (Å²) in [5, 5.41) is 2.87. The van der Waals surface area contributed by atoms with Gasteiger partial charge in [0, 0.05) is 41.5 Å². The van der Waals surface area contributed by atoms with E-state index in [1.807, 2.05) is 47.3 Å². The second-order valence-corrected chi connectivity index (χ2v) is 5.51. The third-order valence-electron chi connectivity index (χ3n) is 3.93. The molecule has 134 valence electrons. The number of hydrogen-bond donors (Lipinski definition) is 1. The monoisotopic (exact) mass is 352 g/mol. The van der Waals surface area contributed by atoms with Crippen molar-refractivity contribution in [1.82, 2.24) is 4.57 Å². The zero-order chi connectivity index (χ0) is 18.5. The van der Waals surface area contributed by atoms with Crippen molar-refractivity contribution in [2.75, 3.05) is 26.6 Å². The van der Waals surface area contributed by atoms with Crippen molar-refractivity contribution in [3.63, 3.8) is 0 Å². The minimum absolute atomic E-state index is 0.228. The maximum Gasteiger partial charge on any atom is 0.255 e. The topological polar surface area (TPSA) is 61.7 Å². The van der Waals surface area contributed by atoms with Gasteiger partial charge in [0.05, 0.1) is 21.3 Å². The Morgan fingerprint density at radius 2 is 1.54 bits per heavy atom. The normalized spacial score (nSPS) is 10.3. The summed E-state index contributed by atoms with van der Waals surface area (Å²) in [6.07, 6.45) is 3.85. The van der Waals surface area contributed by atoms with Gasteiger partial charge in [-0.1, -0.05) is 6.07 Å². The van der Waals surface area contributed by atoms with Gasteiger partial charge < -0.3 is 24.1 Å². The van der Waals surface area contributed by atoms with E-state index in [0.29, 0.717) is 28.5 Å². The lowest BCUT2D eigenvalue weighted by Crippen LogP contribution is -2.12. The summed E-state index contributed by atoms with van der Waals surface area (Å²) < 4.78 is 17.9. The predicted octanol–water partition coefficient (Wildman–Crippen LogP) is 3.76. The number of anilines is 1. The Bertz CT molecular complexity index is 879. The Hall–Kier alpha value is -3.41. The van der Waals surface area contributed by atoms with Crippen LogP contribution in [0.2, 0.25) is 0 Å². The van der Waals surface area contributed by atoms with Crippen LogP contribution in [0.15, 0.2) is 60.9 Å². The first-order valence-corrected chi connectivity index (χ1v) is 8.01. The molecule has 1 heterocycles. The van der Waals surface area contributed by atoms with E-state index in [2.05, 4.69) is 5.32 Å². The minimum atomic E-state index is -0.228. The lowest BCUT2D eigenvalue weighted by Gasteiger charge is -2.15. The number of amides is 1. The van der Waals surface area contributed by atoms with E-state index in [9.17, 15) is 4.79 Å². The molecule has 0 radical (unpaired) electrons. The third-order valence-corrected chi connectivity index (χ3v) is 3.93. The SMILES string of the molecule is COc1cc(NC(=O)c2cccc(-n3cccc3)c2)cc(OC)c1OC. The van der Waals surface area contributed by atoms with E-state index in [0.717, 1.165) is 5.69 Å². The third kappa shape index (κ3) is 3.49. The molecule has 0 saturated carbocycles. The molecule has 1 N–H and O–H groups in total. The lowest BCUT2D eigenvalue weighted by molar-refractivity contribution is 0.102. The fourth-order valence-corrected chi connectivity index (χ4v) is 2.67. The fourth-order valence-electron chi connectivity index (χ4n) is 2.67. The number of ether oxygens (including phenoxy) is 3. The van der Waals surface area contributed by atoms with Crippen molar-refractivity contribution in [3.05, 3.63) is 66.5 Å². The molecule has 1 amide bonds. The second kappa shape index (κ2) is 7.65. The molecule has 0 spiro atoms. The number of aromatic nitrogens is 1. The van der Waals surface area contributed by atoms with Gasteiger partial charge >= 0.3 is 0 Å². The minimum Gasteiger partial charge on any atom is -0.493 e. The first-order valence-electron chi connectivity index (χ1n) is 8.01. The van der Waals surface area contributed by atoms with Crippen LogP contribution in [-0.4, -0.2) is 31.8 Å². The standard InChI is InChI=1S/C20H20N2O4/c1-24-17-12-15(13-18(25-2)19(17)26-3)21-20(23)14-7-6-8-16(11-14)22-9-4-5-10-22/h4-13H,1-3H3,(H,21,23). The molecule has 2 aromatic carbocycles. The van der Waals surface area contributed by atoms with Crippen molar-refractivity contribution in [1.29, 1.82) is 0 Å². The molecule has 0 unspecified atom stereocenters. The van der Waals surface area contributed by atoms with Crippen LogP contribution in [0.25, 0.3) is 5.69 Å². The van der Waals surface area contributed by atoms with Crippen LogP contribution in [0.1, 0.15) is 10.4 Å². The summed E-state index contributed by atoms with van der Waals surface area (Å²) >= 11 is 0. The van der Waals surface area contributed by atoms with E-state index < -0.39 is 0 Å². The van der Waals surface area contributed by atoms with Crippen LogP contribution in [-0.2, 0) is 0 Å². The van der Waals surface area contributed by atoms with Gasteiger partial charge in [0.15, 0.2) is 11.5 Å². The Balaban J connectivity index is 1.87. The molecule has 6 heteroatoms. The largest absolute Gasteiger partial charge is 0.493 e. The van der Waals surface area contributed by atoms with Crippen LogP contribution in [0.3, 0.4) is 0 Å². The molecule has 0 bridgehead atoms. The van der Waals surface area contributed by atoms with Crippen molar-refractivity contribution in [2.45, 2.75) is 0 Å². The summed E-state index contributed by atoms with van der Waals surface area (Å²) in [6, 6.07) is 14.6. The average molecular weight is 352 g/mol. The van der Waals surface area contributed by atoms with Crippen molar-refractivity contribution < 1.29 is 19.0 Å². The number of nitrogens with one attached hydrogen (secondary N) is 1. The summed E-state index contributed by atoms with van der Waals surface area (Å²) in [5.41, 5.74) is 2.01. The van der Waals surface area contributed by atoms with Gasteiger partial charge in [-0.3, -0.25) is 4.79 Å². The van der Waals surface area contributed by atoms with Crippen LogP contribution < -0.4 is 19.5 Å². The highest BCUT2D eigenvalue weighted by Gasteiger charge is 2.15. The summed E-state index contributed by atoms with van der Waals surface area (Å²) in [6.45, 7) is 0. The molecule has 3 rings (SSSR count). The number of rotatable bonds is 6. The van der Waals surface area contributed by atoms with Gasteiger partial charge in [0.1, 0.15) is 0 Å². The maximum absolute atomic E-state index is 12.7. The van der Waals surface area contributed by atoms with Gasteiger partial charge in [0.25, 0.3) is 5.91 Å². The van der Waals surface area contributed by atoms with Gasteiger partial charge in [-0.15, -0.1) is 0 Å². The predicted molar refractivity (Wildman–Crippen MR) is 99.8 cm³/mol. The molecule has 1 aromatic heterocycles. The Morgan fingerprint density at radius 1 is 0.885 bits per heavy atom. The van der Waals surface area contributed by atoms with Crippen molar-refractivity contribution >= 4 is 11.6 Å². The molecule has 0 aliphatic rings. The van der Waals surface area contributed by atoms with E-state index >= 15 is 0 Å². The molecule has 0 saturated heterocycles.